The van der Waals surface area contributed by atoms with Gasteiger partial charge < -0.3 is 14.2 Å². The molecule has 0 N–H and O–H groups in total. The quantitative estimate of drug-likeness (QED) is 0.437. The van der Waals surface area contributed by atoms with E-state index in [4.69, 9.17) is 14.2 Å². The molecule has 4 aliphatic rings. The van der Waals surface area contributed by atoms with Gasteiger partial charge in [-0.3, -0.25) is 4.79 Å². The summed E-state index contributed by atoms with van der Waals surface area (Å²) in [5.74, 6) is -1.09. The van der Waals surface area contributed by atoms with Crippen LogP contribution in [0.4, 0.5) is 0 Å². The molecule has 0 aromatic carbocycles. The van der Waals surface area contributed by atoms with E-state index in [1.807, 2.05) is 0 Å². The van der Waals surface area contributed by atoms with Crippen LogP contribution in [0.15, 0.2) is 12.2 Å². The van der Waals surface area contributed by atoms with E-state index >= 15 is 0 Å². The molecule has 0 aromatic heterocycles. The molecule has 4 bridgehead atoms. The third kappa shape index (κ3) is 2.43. The number of rotatable bonds is 4. The Morgan fingerprint density at radius 1 is 1.38 bits per heavy atom. The number of carbonyl (C=O) groups is 3. The Labute approximate surface area is 122 Å². The molecule has 5 atom stereocenters. The summed E-state index contributed by atoms with van der Waals surface area (Å²) in [5.41, 5.74) is 0.229. The highest BCUT2D eigenvalue weighted by Gasteiger charge is 2.59. The maximum Gasteiger partial charge on any atom is 0.344 e. The highest BCUT2D eigenvalue weighted by Crippen LogP contribution is 2.52. The highest BCUT2D eigenvalue weighted by molar-refractivity contribution is 5.88. The molecule has 5 unspecified atom stereocenters. The summed E-state index contributed by atoms with van der Waals surface area (Å²) in [5, 5.41) is 0. The van der Waals surface area contributed by atoms with Crippen LogP contribution in [0, 0.1) is 17.8 Å². The minimum Gasteiger partial charge on any atom is -0.458 e. The fourth-order valence-electron chi connectivity index (χ4n) is 3.67. The summed E-state index contributed by atoms with van der Waals surface area (Å²) in [6.07, 6.45) is 1.89. The zero-order chi connectivity index (χ0) is 15.1. The monoisotopic (exact) mass is 294 g/mol. The van der Waals surface area contributed by atoms with Gasteiger partial charge in [-0.05, 0) is 26.2 Å². The van der Waals surface area contributed by atoms with Crippen LogP contribution in [-0.2, 0) is 28.6 Å². The van der Waals surface area contributed by atoms with Crippen LogP contribution in [0.1, 0.15) is 26.2 Å². The Kier molecular flexibility index (Phi) is 3.47. The molecular formula is C15H18O6. The number of ether oxygens (including phenoxy) is 3. The summed E-state index contributed by atoms with van der Waals surface area (Å²) >= 11 is 0. The van der Waals surface area contributed by atoms with Gasteiger partial charge in [0.05, 0.1) is 5.92 Å². The van der Waals surface area contributed by atoms with Crippen LogP contribution in [0.2, 0.25) is 0 Å². The van der Waals surface area contributed by atoms with Crippen LogP contribution in [-0.4, -0.2) is 36.7 Å². The number of carbonyl (C=O) groups excluding carboxylic acids is 3. The van der Waals surface area contributed by atoms with Crippen molar-refractivity contribution in [2.75, 3.05) is 6.61 Å². The van der Waals surface area contributed by atoms with E-state index in [-0.39, 0.29) is 35.4 Å². The predicted octanol–water partition coefficient (Wildman–Crippen LogP) is 0.989. The van der Waals surface area contributed by atoms with Crippen molar-refractivity contribution in [1.82, 2.24) is 0 Å². The van der Waals surface area contributed by atoms with Crippen molar-refractivity contribution >= 4 is 17.9 Å². The molecule has 21 heavy (non-hydrogen) atoms. The van der Waals surface area contributed by atoms with Gasteiger partial charge in [0.1, 0.15) is 12.2 Å². The van der Waals surface area contributed by atoms with Crippen molar-refractivity contribution in [1.29, 1.82) is 0 Å². The van der Waals surface area contributed by atoms with Crippen molar-refractivity contribution < 1.29 is 28.6 Å². The summed E-state index contributed by atoms with van der Waals surface area (Å²) in [6.45, 7) is 4.50. The topological polar surface area (TPSA) is 78.9 Å². The maximum atomic E-state index is 11.8. The Hall–Kier alpha value is -1.85. The maximum absolute atomic E-state index is 11.8. The minimum atomic E-state index is -0.621. The van der Waals surface area contributed by atoms with Crippen molar-refractivity contribution in [3.63, 3.8) is 0 Å². The third-order valence-electron chi connectivity index (χ3n) is 4.65. The molecule has 3 saturated carbocycles. The zero-order valence-corrected chi connectivity index (χ0v) is 11.9. The lowest BCUT2D eigenvalue weighted by Gasteiger charge is -2.43. The van der Waals surface area contributed by atoms with Gasteiger partial charge in [-0.15, -0.1) is 0 Å². The average molecular weight is 294 g/mol. The summed E-state index contributed by atoms with van der Waals surface area (Å²) in [4.78, 5) is 34.8. The largest absolute Gasteiger partial charge is 0.458 e. The van der Waals surface area contributed by atoms with E-state index in [0.717, 1.165) is 19.3 Å². The lowest BCUT2D eigenvalue weighted by Crippen LogP contribution is -2.50. The molecule has 4 rings (SSSR count). The summed E-state index contributed by atoms with van der Waals surface area (Å²) in [7, 11) is 0. The van der Waals surface area contributed by atoms with E-state index in [1.54, 1.807) is 0 Å². The lowest BCUT2D eigenvalue weighted by molar-refractivity contribution is -0.178. The van der Waals surface area contributed by atoms with Gasteiger partial charge in [-0.25, -0.2) is 9.59 Å². The second-order valence-corrected chi connectivity index (χ2v) is 6.06. The van der Waals surface area contributed by atoms with Gasteiger partial charge in [-0.2, -0.15) is 0 Å². The standard InChI is InChI=1S/C15H18O6/c1-7(2)14(17)19-6-11(16)20-12-8-3-4-9-10(5-8)15(18)21-13(9)12/h8-10,12-13H,1,3-6H2,2H3. The Morgan fingerprint density at radius 2 is 2.14 bits per heavy atom. The first-order valence-electron chi connectivity index (χ1n) is 7.20. The van der Waals surface area contributed by atoms with Gasteiger partial charge in [0.2, 0.25) is 0 Å². The number of fused-ring (bicyclic) bond motifs is 1. The van der Waals surface area contributed by atoms with Gasteiger partial charge in [0.25, 0.3) is 0 Å². The first-order chi connectivity index (χ1) is 9.97. The fraction of sp³-hybridized carbons (Fsp3) is 0.667. The number of hydrogen-bond donors (Lipinski definition) is 0. The van der Waals surface area contributed by atoms with E-state index < -0.39 is 24.6 Å². The summed E-state index contributed by atoms with van der Waals surface area (Å²) in [6, 6.07) is 0. The normalized spacial score (nSPS) is 36.0. The van der Waals surface area contributed by atoms with Gasteiger partial charge >= 0.3 is 17.9 Å². The van der Waals surface area contributed by atoms with E-state index in [1.165, 1.54) is 6.92 Å². The van der Waals surface area contributed by atoms with Crippen molar-refractivity contribution in [2.24, 2.45) is 17.8 Å². The van der Waals surface area contributed by atoms with E-state index in [9.17, 15) is 14.4 Å². The van der Waals surface area contributed by atoms with Crippen molar-refractivity contribution in [3.05, 3.63) is 12.2 Å². The van der Waals surface area contributed by atoms with Gasteiger partial charge in [-0.1, -0.05) is 6.58 Å². The molecule has 1 heterocycles. The second kappa shape index (κ2) is 5.16. The number of esters is 3. The molecular weight excluding hydrogens is 276 g/mol. The molecule has 6 heteroatoms. The SMILES string of the molecule is C=C(C)C(=O)OCC(=O)OC1C2CCC3C(C2)C(=O)OC31. The van der Waals surface area contributed by atoms with Crippen LogP contribution in [0.5, 0.6) is 0 Å². The van der Waals surface area contributed by atoms with Crippen LogP contribution in [0.25, 0.3) is 0 Å². The Bertz CT molecular complexity index is 510. The van der Waals surface area contributed by atoms with Crippen molar-refractivity contribution in [2.45, 2.75) is 38.4 Å². The molecule has 4 fully saturated rings. The molecule has 6 nitrogen and oxygen atoms in total. The molecule has 0 spiro atoms. The zero-order valence-electron chi connectivity index (χ0n) is 11.9. The molecule has 0 aromatic rings. The first-order valence-corrected chi connectivity index (χ1v) is 7.20. The molecule has 1 aliphatic heterocycles. The van der Waals surface area contributed by atoms with E-state index in [2.05, 4.69) is 6.58 Å². The Morgan fingerprint density at radius 3 is 2.86 bits per heavy atom. The molecule has 3 aliphatic carbocycles. The molecule has 0 amide bonds. The van der Waals surface area contributed by atoms with Crippen LogP contribution >= 0.6 is 0 Å². The van der Waals surface area contributed by atoms with E-state index in [0.29, 0.717) is 0 Å². The minimum absolute atomic E-state index is 0.0232. The Balaban J connectivity index is 1.58. The van der Waals surface area contributed by atoms with Crippen LogP contribution < -0.4 is 0 Å². The average Bonchev–Trinajstić information content (AvgIpc) is 2.73. The van der Waals surface area contributed by atoms with Crippen LogP contribution in [0.3, 0.4) is 0 Å². The van der Waals surface area contributed by atoms with Gasteiger partial charge in [0.15, 0.2) is 6.61 Å². The highest BCUT2D eigenvalue weighted by atomic mass is 16.6. The lowest BCUT2D eigenvalue weighted by atomic mass is 9.63. The third-order valence-corrected chi connectivity index (χ3v) is 4.65. The van der Waals surface area contributed by atoms with Gasteiger partial charge in [0, 0.05) is 17.4 Å². The predicted molar refractivity (Wildman–Crippen MR) is 69.9 cm³/mol. The fourth-order valence-corrected chi connectivity index (χ4v) is 3.67. The molecule has 1 saturated heterocycles. The molecule has 0 radical (unpaired) electrons. The second-order valence-electron chi connectivity index (χ2n) is 6.06. The van der Waals surface area contributed by atoms with Crippen molar-refractivity contribution in [3.8, 4) is 0 Å². The first kappa shape index (κ1) is 14.1. The smallest absolute Gasteiger partial charge is 0.344 e. The molecule has 114 valence electrons. The summed E-state index contributed by atoms with van der Waals surface area (Å²) < 4.78 is 15.5. The number of hydrogen-bond acceptors (Lipinski definition) is 6.